The molecule has 3 heterocycles. The van der Waals surface area contributed by atoms with Crippen LogP contribution in [-0.2, 0) is 13.0 Å². The Morgan fingerprint density at radius 1 is 1.28 bits per heavy atom. The Hall–Kier alpha value is -2.03. The second kappa shape index (κ2) is 3.25. The Labute approximate surface area is 104 Å². The summed E-state index contributed by atoms with van der Waals surface area (Å²) in [5, 5.41) is 2.28. The molecule has 4 rings (SSSR count). The molecular formula is C15H14N2O. The molecule has 0 unspecified atom stereocenters. The van der Waals surface area contributed by atoms with Crippen LogP contribution in [0, 0.1) is 6.92 Å². The van der Waals surface area contributed by atoms with Gasteiger partial charge in [-0.3, -0.25) is 4.79 Å². The molecule has 0 saturated heterocycles. The number of nitrogens with one attached hydrogen (secondary N) is 1. The van der Waals surface area contributed by atoms with Gasteiger partial charge in [0.25, 0.3) is 5.56 Å². The van der Waals surface area contributed by atoms with E-state index in [-0.39, 0.29) is 5.56 Å². The molecule has 0 saturated carbocycles. The van der Waals surface area contributed by atoms with Gasteiger partial charge in [0.05, 0.1) is 0 Å². The quantitative estimate of drug-likeness (QED) is 0.642. The standard InChI is InChI=1S/C15H14N2O/c1-9-12-7-4-8-17(12)15(18)14-13(9)10-5-2-3-6-11(10)16-14/h2-3,5-6,16H,4,7-8H2,1H3. The maximum absolute atomic E-state index is 12.5. The molecule has 3 nitrogen and oxygen atoms in total. The molecule has 0 atom stereocenters. The molecule has 18 heavy (non-hydrogen) atoms. The fraction of sp³-hybridized carbons (Fsp3) is 0.267. The van der Waals surface area contributed by atoms with Crippen LogP contribution in [0.5, 0.6) is 0 Å². The average molecular weight is 238 g/mol. The summed E-state index contributed by atoms with van der Waals surface area (Å²) >= 11 is 0. The van der Waals surface area contributed by atoms with Gasteiger partial charge < -0.3 is 9.55 Å². The molecule has 3 aromatic rings. The topological polar surface area (TPSA) is 37.8 Å². The third kappa shape index (κ3) is 1.07. The van der Waals surface area contributed by atoms with Gasteiger partial charge in [-0.2, -0.15) is 0 Å². The van der Waals surface area contributed by atoms with Gasteiger partial charge in [-0.15, -0.1) is 0 Å². The van der Waals surface area contributed by atoms with Gasteiger partial charge in [0.2, 0.25) is 0 Å². The monoisotopic (exact) mass is 238 g/mol. The minimum Gasteiger partial charge on any atom is -0.350 e. The molecule has 2 aromatic heterocycles. The summed E-state index contributed by atoms with van der Waals surface area (Å²) in [6.07, 6.45) is 2.11. The first-order valence-corrected chi connectivity index (χ1v) is 6.40. The number of pyridine rings is 1. The lowest BCUT2D eigenvalue weighted by atomic mass is 10.1. The number of hydrogen-bond donors (Lipinski definition) is 1. The van der Waals surface area contributed by atoms with Crippen molar-refractivity contribution in [2.75, 3.05) is 0 Å². The summed E-state index contributed by atoms with van der Waals surface area (Å²) in [5.74, 6) is 0. The molecule has 1 aliphatic heterocycles. The summed E-state index contributed by atoms with van der Waals surface area (Å²) in [6.45, 7) is 3.00. The van der Waals surface area contributed by atoms with Gasteiger partial charge in [-0.05, 0) is 31.4 Å². The van der Waals surface area contributed by atoms with Gasteiger partial charge in [0.15, 0.2) is 0 Å². The Kier molecular flexibility index (Phi) is 1.80. The highest BCUT2D eigenvalue weighted by Gasteiger charge is 2.20. The first-order chi connectivity index (χ1) is 8.77. The Bertz CT molecular complexity index is 839. The maximum atomic E-state index is 12.5. The first-order valence-electron chi connectivity index (χ1n) is 6.40. The van der Waals surface area contributed by atoms with E-state index in [0.29, 0.717) is 0 Å². The number of hydrogen-bond acceptors (Lipinski definition) is 1. The predicted molar refractivity (Wildman–Crippen MR) is 73.1 cm³/mol. The molecule has 90 valence electrons. The summed E-state index contributed by atoms with van der Waals surface area (Å²) < 4.78 is 1.94. The van der Waals surface area contributed by atoms with Crippen molar-refractivity contribution in [1.29, 1.82) is 0 Å². The van der Waals surface area contributed by atoms with E-state index in [4.69, 9.17) is 0 Å². The van der Waals surface area contributed by atoms with E-state index in [1.165, 1.54) is 11.3 Å². The van der Waals surface area contributed by atoms with E-state index in [0.717, 1.165) is 41.2 Å². The smallest absolute Gasteiger partial charge is 0.275 e. The van der Waals surface area contributed by atoms with Crippen LogP contribution in [0.1, 0.15) is 17.7 Å². The molecule has 3 heteroatoms. The molecule has 0 amide bonds. The van der Waals surface area contributed by atoms with Gasteiger partial charge in [-0.25, -0.2) is 0 Å². The van der Waals surface area contributed by atoms with Crippen LogP contribution in [0.15, 0.2) is 29.1 Å². The number of nitrogens with zero attached hydrogens (tertiary/aromatic N) is 1. The molecule has 1 aliphatic rings. The van der Waals surface area contributed by atoms with Crippen molar-refractivity contribution in [1.82, 2.24) is 9.55 Å². The molecule has 1 N–H and O–H groups in total. The lowest BCUT2D eigenvalue weighted by Crippen LogP contribution is -2.20. The van der Waals surface area contributed by atoms with Crippen molar-refractivity contribution in [3.05, 3.63) is 45.9 Å². The van der Waals surface area contributed by atoms with E-state index in [9.17, 15) is 4.79 Å². The van der Waals surface area contributed by atoms with Crippen LogP contribution in [0.25, 0.3) is 21.8 Å². The van der Waals surface area contributed by atoms with Gasteiger partial charge >= 0.3 is 0 Å². The van der Waals surface area contributed by atoms with Gasteiger partial charge in [0, 0.05) is 28.5 Å². The SMILES string of the molecule is Cc1c2n(c(=O)c3[nH]c4ccccc4c13)CCC2. The number of benzene rings is 1. The summed E-state index contributed by atoms with van der Waals surface area (Å²) in [5.41, 5.74) is 4.44. The van der Waals surface area contributed by atoms with Crippen molar-refractivity contribution in [2.24, 2.45) is 0 Å². The minimum absolute atomic E-state index is 0.138. The fourth-order valence-electron chi connectivity index (χ4n) is 3.26. The molecule has 0 fully saturated rings. The van der Waals surface area contributed by atoms with Crippen molar-refractivity contribution < 1.29 is 0 Å². The zero-order chi connectivity index (χ0) is 12.3. The second-order valence-electron chi connectivity index (χ2n) is 5.05. The van der Waals surface area contributed by atoms with Crippen LogP contribution in [-0.4, -0.2) is 9.55 Å². The Morgan fingerprint density at radius 2 is 2.11 bits per heavy atom. The minimum atomic E-state index is 0.138. The number of aromatic amines is 1. The van der Waals surface area contributed by atoms with Crippen LogP contribution >= 0.6 is 0 Å². The predicted octanol–water partition coefficient (Wildman–Crippen LogP) is 2.74. The van der Waals surface area contributed by atoms with Gasteiger partial charge in [0.1, 0.15) is 5.52 Å². The zero-order valence-electron chi connectivity index (χ0n) is 10.3. The van der Waals surface area contributed by atoms with Crippen molar-refractivity contribution >= 4 is 21.8 Å². The number of aromatic nitrogens is 2. The van der Waals surface area contributed by atoms with Crippen molar-refractivity contribution in [2.45, 2.75) is 26.3 Å². The molecule has 0 spiro atoms. The van der Waals surface area contributed by atoms with E-state index < -0.39 is 0 Å². The molecular weight excluding hydrogens is 224 g/mol. The van der Waals surface area contributed by atoms with Crippen LogP contribution in [0.4, 0.5) is 0 Å². The lowest BCUT2D eigenvalue weighted by molar-refractivity contribution is 0.724. The van der Waals surface area contributed by atoms with Crippen molar-refractivity contribution in [3.63, 3.8) is 0 Å². The number of aryl methyl sites for hydroxylation is 1. The Morgan fingerprint density at radius 3 is 3.00 bits per heavy atom. The fourth-order valence-corrected chi connectivity index (χ4v) is 3.26. The lowest BCUT2D eigenvalue weighted by Gasteiger charge is -2.07. The van der Waals surface area contributed by atoms with Crippen LogP contribution in [0.3, 0.4) is 0 Å². The van der Waals surface area contributed by atoms with E-state index in [1.54, 1.807) is 0 Å². The highest BCUT2D eigenvalue weighted by Crippen LogP contribution is 2.29. The summed E-state index contributed by atoms with van der Waals surface area (Å²) in [4.78, 5) is 15.8. The molecule has 1 aromatic carbocycles. The van der Waals surface area contributed by atoms with E-state index in [1.807, 2.05) is 22.8 Å². The normalized spacial score (nSPS) is 14.5. The third-order valence-electron chi connectivity index (χ3n) is 4.09. The largest absolute Gasteiger partial charge is 0.350 e. The summed E-state index contributed by atoms with van der Waals surface area (Å²) in [6, 6.07) is 8.15. The first kappa shape index (κ1) is 9.95. The Balaban J connectivity index is 2.33. The molecule has 0 bridgehead atoms. The summed E-state index contributed by atoms with van der Waals surface area (Å²) in [7, 11) is 0. The number of H-pyrrole nitrogens is 1. The average Bonchev–Trinajstić information content (AvgIpc) is 3.00. The number of fused-ring (bicyclic) bond motifs is 4. The molecule has 0 aliphatic carbocycles. The zero-order valence-corrected chi connectivity index (χ0v) is 10.3. The maximum Gasteiger partial charge on any atom is 0.275 e. The number of para-hydroxylation sites is 1. The molecule has 0 radical (unpaired) electrons. The number of rotatable bonds is 0. The highest BCUT2D eigenvalue weighted by atomic mass is 16.1. The van der Waals surface area contributed by atoms with E-state index >= 15 is 0 Å². The van der Waals surface area contributed by atoms with Crippen LogP contribution < -0.4 is 5.56 Å². The van der Waals surface area contributed by atoms with E-state index in [2.05, 4.69) is 18.0 Å². The second-order valence-corrected chi connectivity index (χ2v) is 5.05. The van der Waals surface area contributed by atoms with Gasteiger partial charge in [-0.1, -0.05) is 18.2 Å². The van der Waals surface area contributed by atoms with Crippen molar-refractivity contribution in [3.8, 4) is 0 Å². The third-order valence-corrected chi connectivity index (χ3v) is 4.09. The van der Waals surface area contributed by atoms with Crippen LogP contribution in [0.2, 0.25) is 0 Å². The highest BCUT2D eigenvalue weighted by molar-refractivity contribution is 6.08.